The summed E-state index contributed by atoms with van der Waals surface area (Å²) in [4.78, 5) is 26.7. The first-order chi connectivity index (χ1) is 12.9. The molecule has 0 spiro atoms. The van der Waals surface area contributed by atoms with Crippen LogP contribution in [0.2, 0.25) is 0 Å². The molecule has 2 N–H and O–H groups in total. The Kier molecular flexibility index (Phi) is 7.55. The number of nitrogens with zero attached hydrogens (tertiary/aromatic N) is 1. The molecule has 0 aliphatic carbocycles. The number of hydrogen-bond acceptors (Lipinski definition) is 3. The first-order valence-electron chi connectivity index (χ1n) is 9.34. The van der Waals surface area contributed by atoms with Crippen LogP contribution in [0.4, 0.5) is 11.4 Å². The fraction of sp³-hybridized carbons (Fsp3) is 0.364. The molecule has 0 heterocycles. The van der Waals surface area contributed by atoms with E-state index in [2.05, 4.69) is 10.6 Å². The normalized spacial score (nSPS) is 10.7. The molecule has 2 aromatic carbocycles. The van der Waals surface area contributed by atoms with Gasteiger partial charge < -0.3 is 10.6 Å². The van der Waals surface area contributed by atoms with Crippen molar-refractivity contribution in [3.63, 3.8) is 0 Å². The number of nitrogens with one attached hydrogen (secondary N) is 2. The molecule has 0 radical (unpaired) electrons. The van der Waals surface area contributed by atoms with E-state index in [0.717, 1.165) is 34.5 Å². The first kappa shape index (κ1) is 20.6. The molecule has 0 atom stereocenters. The maximum atomic E-state index is 12.4. The molecular formula is C22H29N3O2. The Bertz CT molecular complexity index is 802. The van der Waals surface area contributed by atoms with Gasteiger partial charge >= 0.3 is 0 Å². The van der Waals surface area contributed by atoms with Crippen LogP contribution in [0, 0.1) is 20.8 Å². The zero-order valence-corrected chi connectivity index (χ0v) is 16.6. The Morgan fingerprint density at radius 3 is 2.00 bits per heavy atom. The van der Waals surface area contributed by atoms with Gasteiger partial charge in [0.05, 0.1) is 13.1 Å². The Balaban J connectivity index is 1.94. The molecule has 0 fully saturated rings. The minimum absolute atomic E-state index is 0.112. The van der Waals surface area contributed by atoms with E-state index < -0.39 is 0 Å². The number of amides is 2. The second kappa shape index (κ2) is 9.88. The maximum Gasteiger partial charge on any atom is 0.238 e. The summed E-state index contributed by atoms with van der Waals surface area (Å²) in [5.41, 5.74) is 4.82. The molecule has 144 valence electrons. The van der Waals surface area contributed by atoms with Crippen molar-refractivity contribution in [3.8, 4) is 0 Å². The number of para-hydroxylation sites is 1. The van der Waals surface area contributed by atoms with Crippen molar-refractivity contribution < 1.29 is 9.59 Å². The maximum absolute atomic E-state index is 12.4. The van der Waals surface area contributed by atoms with Gasteiger partial charge in [0.2, 0.25) is 11.8 Å². The van der Waals surface area contributed by atoms with E-state index in [1.807, 2.05) is 75.1 Å². The molecule has 0 aliphatic heterocycles. The molecule has 0 unspecified atom stereocenters. The van der Waals surface area contributed by atoms with Crippen LogP contribution in [0.25, 0.3) is 0 Å². The molecule has 0 aliphatic rings. The molecule has 5 nitrogen and oxygen atoms in total. The molecule has 2 rings (SSSR count). The molecule has 0 bridgehead atoms. The zero-order valence-electron chi connectivity index (χ0n) is 16.6. The van der Waals surface area contributed by atoms with Crippen molar-refractivity contribution >= 4 is 23.2 Å². The monoisotopic (exact) mass is 367 g/mol. The summed E-state index contributed by atoms with van der Waals surface area (Å²) in [6.07, 6.45) is 0.870. The summed E-state index contributed by atoms with van der Waals surface area (Å²) in [7, 11) is 0. The van der Waals surface area contributed by atoms with Gasteiger partial charge in [-0.05, 0) is 57.0 Å². The number of hydrogen-bond donors (Lipinski definition) is 2. The molecule has 2 aromatic rings. The number of anilines is 2. The highest BCUT2D eigenvalue weighted by molar-refractivity contribution is 5.95. The third-order valence-electron chi connectivity index (χ3n) is 4.35. The lowest BCUT2D eigenvalue weighted by Gasteiger charge is -2.21. The lowest BCUT2D eigenvalue weighted by molar-refractivity contribution is -0.120. The van der Waals surface area contributed by atoms with E-state index in [-0.39, 0.29) is 24.9 Å². The van der Waals surface area contributed by atoms with Crippen LogP contribution in [-0.2, 0) is 9.59 Å². The van der Waals surface area contributed by atoms with Crippen molar-refractivity contribution in [2.24, 2.45) is 0 Å². The predicted octanol–water partition coefficient (Wildman–Crippen LogP) is 3.90. The van der Waals surface area contributed by atoms with Gasteiger partial charge in [0.25, 0.3) is 0 Å². The van der Waals surface area contributed by atoms with E-state index in [1.165, 1.54) is 0 Å². The molecule has 0 saturated carbocycles. The molecule has 5 heteroatoms. The fourth-order valence-corrected chi connectivity index (χ4v) is 2.98. The van der Waals surface area contributed by atoms with Crippen molar-refractivity contribution in [3.05, 3.63) is 59.2 Å². The lowest BCUT2D eigenvalue weighted by Crippen LogP contribution is -2.39. The first-order valence-corrected chi connectivity index (χ1v) is 9.34. The molecule has 27 heavy (non-hydrogen) atoms. The van der Waals surface area contributed by atoms with E-state index >= 15 is 0 Å². The van der Waals surface area contributed by atoms with Crippen LogP contribution in [0.5, 0.6) is 0 Å². The van der Waals surface area contributed by atoms with Gasteiger partial charge in [-0.1, -0.05) is 42.8 Å². The third kappa shape index (κ3) is 6.53. The summed E-state index contributed by atoms with van der Waals surface area (Å²) in [6.45, 7) is 9.04. The summed E-state index contributed by atoms with van der Waals surface area (Å²) in [5, 5.41) is 5.87. The minimum Gasteiger partial charge on any atom is -0.325 e. The van der Waals surface area contributed by atoms with Gasteiger partial charge in [-0.15, -0.1) is 0 Å². The molecule has 0 saturated heterocycles. The van der Waals surface area contributed by atoms with Gasteiger partial charge in [-0.25, -0.2) is 0 Å². The van der Waals surface area contributed by atoms with Gasteiger partial charge in [0.1, 0.15) is 0 Å². The fourth-order valence-electron chi connectivity index (χ4n) is 2.98. The van der Waals surface area contributed by atoms with Crippen LogP contribution in [0.15, 0.2) is 42.5 Å². The van der Waals surface area contributed by atoms with Crippen LogP contribution in [0.1, 0.15) is 30.0 Å². The van der Waals surface area contributed by atoms with Gasteiger partial charge in [-0.2, -0.15) is 0 Å². The molecule has 0 aromatic heterocycles. The predicted molar refractivity (Wildman–Crippen MR) is 111 cm³/mol. The zero-order chi connectivity index (χ0) is 19.8. The quantitative estimate of drug-likeness (QED) is 0.744. The van der Waals surface area contributed by atoms with Gasteiger partial charge in [-0.3, -0.25) is 14.5 Å². The van der Waals surface area contributed by atoms with Crippen molar-refractivity contribution in [2.75, 3.05) is 30.3 Å². The van der Waals surface area contributed by atoms with E-state index in [1.54, 1.807) is 0 Å². The number of benzene rings is 2. The standard InChI is InChI=1S/C22H29N3O2/c1-5-12-25(14-21(26)23-19-9-7-6-8-17(19)3)15-22(27)24-20-11-10-16(2)13-18(20)4/h6-11,13H,5,12,14-15H2,1-4H3,(H,23,26)(H,24,27). The average molecular weight is 367 g/mol. The van der Waals surface area contributed by atoms with Crippen LogP contribution in [0.3, 0.4) is 0 Å². The number of rotatable bonds is 8. The Morgan fingerprint density at radius 2 is 1.44 bits per heavy atom. The summed E-state index contributed by atoms with van der Waals surface area (Å²) in [5.74, 6) is -0.226. The lowest BCUT2D eigenvalue weighted by atomic mass is 10.1. The van der Waals surface area contributed by atoms with E-state index in [0.29, 0.717) is 6.54 Å². The van der Waals surface area contributed by atoms with Crippen molar-refractivity contribution in [2.45, 2.75) is 34.1 Å². The smallest absolute Gasteiger partial charge is 0.238 e. The highest BCUT2D eigenvalue weighted by atomic mass is 16.2. The number of aryl methyl sites for hydroxylation is 3. The summed E-state index contributed by atoms with van der Waals surface area (Å²) < 4.78 is 0. The topological polar surface area (TPSA) is 61.4 Å². The highest BCUT2D eigenvalue weighted by Gasteiger charge is 2.15. The highest BCUT2D eigenvalue weighted by Crippen LogP contribution is 2.16. The van der Waals surface area contributed by atoms with Gasteiger partial charge in [0.15, 0.2) is 0 Å². The van der Waals surface area contributed by atoms with E-state index in [9.17, 15) is 9.59 Å². The second-order valence-electron chi connectivity index (χ2n) is 6.94. The average Bonchev–Trinajstić information content (AvgIpc) is 2.59. The van der Waals surface area contributed by atoms with Crippen molar-refractivity contribution in [1.82, 2.24) is 4.90 Å². The van der Waals surface area contributed by atoms with Crippen molar-refractivity contribution in [1.29, 1.82) is 0 Å². The SMILES string of the molecule is CCCN(CC(=O)Nc1ccccc1C)CC(=O)Nc1ccc(C)cc1C. The Labute approximate surface area is 161 Å². The molecular weight excluding hydrogens is 338 g/mol. The van der Waals surface area contributed by atoms with E-state index in [4.69, 9.17) is 0 Å². The third-order valence-corrected chi connectivity index (χ3v) is 4.35. The second-order valence-corrected chi connectivity index (χ2v) is 6.94. The number of carbonyl (C=O) groups is 2. The number of carbonyl (C=O) groups excluding carboxylic acids is 2. The Morgan fingerprint density at radius 1 is 0.852 bits per heavy atom. The van der Waals surface area contributed by atoms with Crippen LogP contribution in [-0.4, -0.2) is 36.3 Å². The summed E-state index contributed by atoms with van der Waals surface area (Å²) in [6, 6.07) is 13.6. The molecule has 2 amide bonds. The largest absolute Gasteiger partial charge is 0.325 e. The Hall–Kier alpha value is -2.66. The summed E-state index contributed by atoms with van der Waals surface area (Å²) >= 11 is 0. The van der Waals surface area contributed by atoms with Crippen LogP contribution < -0.4 is 10.6 Å². The minimum atomic E-state index is -0.114. The van der Waals surface area contributed by atoms with Gasteiger partial charge in [0, 0.05) is 11.4 Å². The van der Waals surface area contributed by atoms with Crippen LogP contribution >= 0.6 is 0 Å².